The number of rotatable bonds is 5. The fourth-order valence-electron chi connectivity index (χ4n) is 3.93. The Morgan fingerprint density at radius 1 is 0.818 bits per heavy atom. The van der Waals surface area contributed by atoms with E-state index >= 15 is 0 Å². The van der Waals surface area contributed by atoms with Crippen LogP contribution in [0.2, 0.25) is 0 Å². The van der Waals surface area contributed by atoms with E-state index in [2.05, 4.69) is 60.7 Å². The van der Waals surface area contributed by atoms with Crippen molar-refractivity contribution in [2.75, 3.05) is 6.61 Å². The minimum atomic E-state index is 0.828. The first kappa shape index (κ1) is 13.6. The van der Waals surface area contributed by atoms with Gasteiger partial charge in [0, 0.05) is 0 Å². The largest absolute Gasteiger partial charge is 0.494 e. The molecule has 1 heteroatoms. The Morgan fingerprint density at radius 3 is 2.27 bits per heavy atom. The topological polar surface area (TPSA) is 9.23 Å². The Balaban J connectivity index is 1.31. The van der Waals surface area contributed by atoms with E-state index in [0.717, 1.165) is 30.1 Å². The molecule has 0 radical (unpaired) electrons. The predicted molar refractivity (Wildman–Crippen MR) is 90.8 cm³/mol. The maximum atomic E-state index is 5.94. The summed E-state index contributed by atoms with van der Waals surface area (Å²) in [7, 11) is 0. The van der Waals surface area contributed by atoms with Crippen LogP contribution in [-0.2, 0) is 0 Å². The van der Waals surface area contributed by atoms with Gasteiger partial charge in [0.1, 0.15) is 5.75 Å². The molecule has 4 rings (SSSR count). The lowest BCUT2D eigenvalue weighted by atomic mass is 9.91. The number of fused-ring (bicyclic) bond motifs is 2. The summed E-state index contributed by atoms with van der Waals surface area (Å²) in [5.74, 6) is 3.52. The summed E-state index contributed by atoms with van der Waals surface area (Å²) in [6, 6.07) is 18.9. The van der Waals surface area contributed by atoms with Crippen molar-refractivity contribution in [3.63, 3.8) is 0 Å². The van der Waals surface area contributed by atoms with E-state index in [4.69, 9.17) is 4.74 Å². The van der Waals surface area contributed by atoms with Crippen LogP contribution in [0, 0.1) is 17.8 Å². The van der Waals surface area contributed by atoms with Crippen molar-refractivity contribution in [2.45, 2.75) is 19.3 Å². The average molecular weight is 290 g/mol. The van der Waals surface area contributed by atoms with Crippen LogP contribution in [0.1, 0.15) is 19.3 Å². The van der Waals surface area contributed by atoms with Gasteiger partial charge >= 0.3 is 0 Å². The van der Waals surface area contributed by atoms with Crippen LogP contribution < -0.4 is 4.74 Å². The van der Waals surface area contributed by atoms with Crippen molar-refractivity contribution < 1.29 is 4.74 Å². The van der Waals surface area contributed by atoms with Gasteiger partial charge in [-0.25, -0.2) is 0 Å². The highest BCUT2D eigenvalue weighted by molar-refractivity contribution is 5.63. The summed E-state index contributed by atoms with van der Waals surface area (Å²) >= 11 is 0. The van der Waals surface area contributed by atoms with Gasteiger partial charge in [-0.2, -0.15) is 0 Å². The Bertz CT molecular complexity index is 641. The zero-order chi connectivity index (χ0) is 14.8. The molecule has 2 bridgehead atoms. The first-order valence-electron chi connectivity index (χ1n) is 8.35. The Kier molecular flexibility index (Phi) is 3.72. The van der Waals surface area contributed by atoms with E-state index in [-0.39, 0.29) is 0 Å². The molecule has 0 N–H and O–H groups in total. The summed E-state index contributed by atoms with van der Waals surface area (Å²) in [5.41, 5.74) is 2.49. The molecule has 0 aromatic heterocycles. The molecular weight excluding hydrogens is 268 g/mol. The molecule has 1 fully saturated rings. The van der Waals surface area contributed by atoms with Crippen molar-refractivity contribution in [2.24, 2.45) is 17.8 Å². The number of allylic oxidation sites excluding steroid dienone is 2. The number of hydrogen-bond donors (Lipinski definition) is 0. The maximum absolute atomic E-state index is 5.94. The van der Waals surface area contributed by atoms with Crippen LogP contribution in [0.4, 0.5) is 0 Å². The van der Waals surface area contributed by atoms with E-state index in [1.165, 1.54) is 30.4 Å². The highest BCUT2D eigenvalue weighted by Gasteiger charge is 2.35. The highest BCUT2D eigenvalue weighted by Crippen LogP contribution is 2.44. The van der Waals surface area contributed by atoms with Crippen molar-refractivity contribution in [3.05, 3.63) is 66.7 Å². The molecule has 0 spiro atoms. The van der Waals surface area contributed by atoms with Crippen LogP contribution in [0.25, 0.3) is 11.1 Å². The van der Waals surface area contributed by atoms with Gasteiger partial charge in [-0.05, 0) is 60.3 Å². The minimum absolute atomic E-state index is 0.828. The third-order valence-corrected chi connectivity index (χ3v) is 5.14. The first-order chi connectivity index (χ1) is 10.9. The molecule has 3 atom stereocenters. The third kappa shape index (κ3) is 2.81. The van der Waals surface area contributed by atoms with E-state index in [9.17, 15) is 0 Å². The summed E-state index contributed by atoms with van der Waals surface area (Å²) < 4.78 is 5.94. The molecule has 0 heterocycles. The summed E-state index contributed by atoms with van der Waals surface area (Å²) in [4.78, 5) is 0. The molecule has 1 nitrogen and oxygen atoms in total. The molecule has 0 amide bonds. The van der Waals surface area contributed by atoms with Crippen molar-refractivity contribution in [1.82, 2.24) is 0 Å². The molecule has 22 heavy (non-hydrogen) atoms. The van der Waals surface area contributed by atoms with Crippen molar-refractivity contribution >= 4 is 0 Å². The monoisotopic (exact) mass is 290 g/mol. The van der Waals surface area contributed by atoms with Gasteiger partial charge in [-0.1, -0.05) is 54.6 Å². The summed E-state index contributed by atoms with van der Waals surface area (Å²) in [6.45, 7) is 0.840. The molecule has 112 valence electrons. The lowest BCUT2D eigenvalue weighted by Crippen LogP contribution is -2.11. The SMILES string of the molecule is C1=C[C@@H]2CC1CC2CCOc1ccc(-c2ccccc2)cc1. The smallest absolute Gasteiger partial charge is 0.119 e. The lowest BCUT2D eigenvalue weighted by molar-refractivity contribution is 0.263. The molecule has 2 aliphatic rings. The minimum Gasteiger partial charge on any atom is -0.494 e. The van der Waals surface area contributed by atoms with Crippen molar-refractivity contribution in [1.29, 1.82) is 0 Å². The second-order valence-corrected chi connectivity index (χ2v) is 6.57. The third-order valence-electron chi connectivity index (χ3n) is 5.14. The lowest BCUT2D eigenvalue weighted by Gasteiger charge is -2.18. The second kappa shape index (κ2) is 6.00. The van der Waals surface area contributed by atoms with Gasteiger partial charge < -0.3 is 4.74 Å². The fourth-order valence-corrected chi connectivity index (χ4v) is 3.93. The fraction of sp³-hybridized carbons (Fsp3) is 0.333. The molecular formula is C21H22O. The predicted octanol–water partition coefficient (Wildman–Crippen LogP) is 5.33. The zero-order valence-electron chi connectivity index (χ0n) is 12.8. The van der Waals surface area contributed by atoms with Gasteiger partial charge in [-0.15, -0.1) is 0 Å². The van der Waals surface area contributed by atoms with Crippen LogP contribution in [0.3, 0.4) is 0 Å². The van der Waals surface area contributed by atoms with E-state index < -0.39 is 0 Å². The Labute approximate surface area is 132 Å². The van der Waals surface area contributed by atoms with Gasteiger partial charge in [0.25, 0.3) is 0 Å². The molecule has 2 unspecified atom stereocenters. The van der Waals surface area contributed by atoms with Gasteiger partial charge in [0.05, 0.1) is 6.61 Å². The molecule has 0 aliphatic heterocycles. The highest BCUT2D eigenvalue weighted by atomic mass is 16.5. The van der Waals surface area contributed by atoms with Crippen LogP contribution in [-0.4, -0.2) is 6.61 Å². The first-order valence-corrected chi connectivity index (χ1v) is 8.35. The zero-order valence-corrected chi connectivity index (χ0v) is 12.8. The van der Waals surface area contributed by atoms with Crippen molar-refractivity contribution in [3.8, 4) is 16.9 Å². The van der Waals surface area contributed by atoms with Crippen LogP contribution >= 0.6 is 0 Å². The molecule has 2 aliphatic carbocycles. The maximum Gasteiger partial charge on any atom is 0.119 e. The quantitative estimate of drug-likeness (QED) is 0.676. The summed E-state index contributed by atoms with van der Waals surface area (Å²) in [6.07, 6.45) is 8.78. The number of benzene rings is 2. The van der Waals surface area contributed by atoms with E-state index in [0.29, 0.717) is 0 Å². The average Bonchev–Trinajstić information content (AvgIpc) is 3.19. The van der Waals surface area contributed by atoms with Crippen LogP contribution in [0.5, 0.6) is 5.75 Å². The normalized spacial score (nSPS) is 25.5. The second-order valence-electron chi connectivity index (χ2n) is 6.57. The summed E-state index contributed by atoms with van der Waals surface area (Å²) in [5, 5.41) is 0. The van der Waals surface area contributed by atoms with Gasteiger partial charge in [0.2, 0.25) is 0 Å². The molecule has 1 saturated carbocycles. The number of ether oxygens (including phenoxy) is 1. The Morgan fingerprint density at radius 2 is 1.59 bits per heavy atom. The molecule has 0 saturated heterocycles. The van der Waals surface area contributed by atoms with E-state index in [1.807, 2.05) is 6.07 Å². The van der Waals surface area contributed by atoms with Gasteiger partial charge in [0.15, 0.2) is 0 Å². The molecule has 2 aromatic carbocycles. The standard InChI is InChI=1S/C21H22O/c1-2-4-17(5-3-1)18-8-10-21(11-9-18)22-13-12-20-15-16-6-7-19(20)14-16/h1-11,16,19-20H,12-15H2/t16?,19-,20?/m1/s1. The Hall–Kier alpha value is -2.02. The van der Waals surface area contributed by atoms with Crippen LogP contribution in [0.15, 0.2) is 66.7 Å². The number of hydrogen-bond acceptors (Lipinski definition) is 1. The van der Waals surface area contributed by atoms with Gasteiger partial charge in [-0.3, -0.25) is 0 Å². The van der Waals surface area contributed by atoms with E-state index in [1.54, 1.807) is 0 Å². The molecule has 2 aromatic rings.